The molecular formula is C6H4F6N3O2P. The van der Waals surface area contributed by atoms with E-state index in [0.29, 0.717) is 0 Å². The summed E-state index contributed by atoms with van der Waals surface area (Å²) in [4.78, 5) is 12.4. The van der Waals surface area contributed by atoms with Gasteiger partial charge in [-0.3, -0.25) is 10.1 Å². The van der Waals surface area contributed by atoms with Crippen molar-refractivity contribution < 1.29 is 30.1 Å². The zero-order chi connectivity index (χ0) is 14.7. The van der Waals surface area contributed by atoms with E-state index in [1.165, 1.54) is 24.3 Å². The van der Waals surface area contributed by atoms with Gasteiger partial charge >= 0.3 is 38.7 Å². The molecule has 0 aromatic heterocycles. The van der Waals surface area contributed by atoms with Crippen molar-refractivity contribution in [1.29, 1.82) is 5.39 Å². The van der Waals surface area contributed by atoms with Crippen LogP contribution in [0, 0.1) is 15.5 Å². The number of hydrogen-bond donors (Lipinski definition) is 0. The molecule has 0 aliphatic rings. The first-order valence-electron chi connectivity index (χ1n) is 3.85. The molecule has 1 aromatic rings. The summed E-state index contributed by atoms with van der Waals surface area (Å²) in [7, 11) is -10.7. The number of diazo groups is 1. The fraction of sp³-hybridized carbons (Fsp3) is 0. The first-order chi connectivity index (χ1) is 7.69. The van der Waals surface area contributed by atoms with Gasteiger partial charge in [0.15, 0.2) is 4.98 Å². The van der Waals surface area contributed by atoms with Crippen LogP contribution in [0.5, 0.6) is 0 Å². The predicted octanol–water partition coefficient (Wildman–Crippen LogP) is 5.46. The quantitative estimate of drug-likeness (QED) is 0.227. The summed E-state index contributed by atoms with van der Waals surface area (Å²) in [6.45, 7) is 0. The molecule has 102 valence electrons. The van der Waals surface area contributed by atoms with Crippen LogP contribution in [-0.4, -0.2) is 4.92 Å². The third-order valence-electron chi connectivity index (χ3n) is 1.16. The fourth-order valence-corrected chi connectivity index (χ4v) is 0.669. The summed E-state index contributed by atoms with van der Waals surface area (Å²) < 4.78 is 59.2. The number of hydrogen-bond acceptors (Lipinski definition) is 3. The molecule has 0 amide bonds. The summed E-state index contributed by atoms with van der Waals surface area (Å²) >= 11 is 0. The zero-order valence-electron chi connectivity index (χ0n) is 8.18. The standard InChI is InChI=1S/C6H4N3O2.F6P/c7-8-5-2-1-3-6(4-5)9(10)11;1-7(2,3,4,5)6/h1-4H;/q+1;-1. The number of halogens is 6. The molecule has 0 bridgehead atoms. The van der Waals surface area contributed by atoms with Gasteiger partial charge in [-0.1, -0.05) is 0 Å². The van der Waals surface area contributed by atoms with E-state index in [9.17, 15) is 35.3 Å². The van der Waals surface area contributed by atoms with E-state index in [2.05, 4.69) is 4.98 Å². The predicted molar refractivity (Wildman–Crippen MR) is 51.4 cm³/mol. The maximum atomic E-state index is 10.2. The zero-order valence-corrected chi connectivity index (χ0v) is 9.08. The Hall–Kier alpha value is -1.95. The summed E-state index contributed by atoms with van der Waals surface area (Å²) in [6.07, 6.45) is 0. The summed E-state index contributed by atoms with van der Waals surface area (Å²) in [5.41, 5.74) is 0.0968. The average molecular weight is 295 g/mol. The summed E-state index contributed by atoms with van der Waals surface area (Å²) in [6, 6.07) is 5.43. The van der Waals surface area contributed by atoms with Gasteiger partial charge in [0.05, 0.1) is 4.92 Å². The largest absolute Gasteiger partial charge is 0.391 e. The van der Waals surface area contributed by atoms with E-state index < -0.39 is 12.7 Å². The molecule has 0 fully saturated rings. The third kappa shape index (κ3) is 12.1. The van der Waals surface area contributed by atoms with Crippen LogP contribution in [0.2, 0.25) is 0 Å². The minimum Gasteiger partial charge on any atom is -0.258 e. The number of nitro benzene ring substituents is 1. The Morgan fingerprint density at radius 1 is 1.17 bits per heavy atom. The van der Waals surface area contributed by atoms with E-state index >= 15 is 0 Å². The van der Waals surface area contributed by atoms with Gasteiger partial charge in [0.25, 0.3) is 5.69 Å². The maximum Gasteiger partial charge on any atom is 0.391 e. The van der Waals surface area contributed by atoms with E-state index in [0.717, 1.165) is 0 Å². The van der Waals surface area contributed by atoms with Crippen LogP contribution in [0.4, 0.5) is 36.6 Å². The molecule has 0 saturated heterocycles. The van der Waals surface area contributed by atoms with Gasteiger partial charge in [0.1, 0.15) is 6.07 Å². The van der Waals surface area contributed by atoms with Crippen molar-refractivity contribution in [3.05, 3.63) is 39.4 Å². The van der Waals surface area contributed by atoms with E-state index in [1.807, 2.05) is 0 Å². The Morgan fingerprint density at radius 3 is 1.94 bits per heavy atom. The van der Waals surface area contributed by atoms with Crippen LogP contribution < -0.4 is 0 Å². The second-order valence-electron chi connectivity index (χ2n) is 2.84. The van der Waals surface area contributed by atoms with Crippen LogP contribution in [-0.2, 0) is 0 Å². The maximum absolute atomic E-state index is 10.7. The van der Waals surface area contributed by atoms with Gasteiger partial charge in [0.2, 0.25) is 5.39 Å². The van der Waals surface area contributed by atoms with Crippen molar-refractivity contribution in [3.8, 4) is 0 Å². The Morgan fingerprint density at radius 2 is 1.61 bits per heavy atom. The van der Waals surface area contributed by atoms with Gasteiger partial charge in [-0.15, -0.1) is 0 Å². The number of nitrogens with zero attached hydrogens (tertiary/aromatic N) is 3. The topological polar surface area (TPSA) is 71.3 Å². The van der Waals surface area contributed by atoms with Gasteiger partial charge < -0.3 is 0 Å². The Labute approximate surface area is 95.0 Å². The molecule has 1 rings (SSSR count). The van der Waals surface area contributed by atoms with Crippen LogP contribution in [0.25, 0.3) is 4.98 Å². The molecule has 18 heavy (non-hydrogen) atoms. The molecular weight excluding hydrogens is 291 g/mol. The molecule has 0 aliphatic heterocycles. The SMILES string of the molecule is F[P-](F)(F)(F)(F)F.N#[N+]c1cccc([N+](=O)[O-])c1. The Balaban J connectivity index is 0.000000360. The first kappa shape index (κ1) is 16.1. The van der Waals surface area contributed by atoms with Crippen LogP contribution in [0.3, 0.4) is 0 Å². The van der Waals surface area contributed by atoms with Gasteiger partial charge in [-0.25, -0.2) is 0 Å². The molecule has 1 aromatic carbocycles. The number of non-ortho nitro benzene ring substituents is 1. The number of rotatable bonds is 1. The Kier molecular flexibility index (Phi) is 3.62. The van der Waals surface area contributed by atoms with Crippen LogP contribution in [0.1, 0.15) is 0 Å². The van der Waals surface area contributed by atoms with Crippen LogP contribution in [0.15, 0.2) is 24.3 Å². The molecule has 5 nitrogen and oxygen atoms in total. The van der Waals surface area contributed by atoms with Crippen molar-refractivity contribution in [2.24, 2.45) is 0 Å². The molecule has 0 spiro atoms. The Bertz CT molecular complexity index is 496. The van der Waals surface area contributed by atoms with E-state index in [4.69, 9.17) is 5.39 Å². The van der Waals surface area contributed by atoms with Crippen molar-refractivity contribution >= 4 is 19.2 Å². The molecule has 0 aliphatic carbocycles. The van der Waals surface area contributed by atoms with Crippen molar-refractivity contribution in [1.82, 2.24) is 0 Å². The van der Waals surface area contributed by atoms with Crippen molar-refractivity contribution in [3.63, 3.8) is 0 Å². The molecule has 0 saturated carbocycles. The normalized spacial score (nSPS) is 14.3. The van der Waals surface area contributed by atoms with E-state index in [-0.39, 0.29) is 11.4 Å². The number of nitro groups is 1. The average Bonchev–Trinajstić information content (AvgIpc) is 2.13. The monoisotopic (exact) mass is 295 g/mol. The molecule has 0 heterocycles. The van der Waals surface area contributed by atoms with Gasteiger partial charge in [-0.2, -0.15) is 0 Å². The molecule has 0 radical (unpaired) electrons. The molecule has 0 N–H and O–H groups in total. The van der Waals surface area contributed by atoms with Crippen LogP contribution >= 0.6 is 7.81 Å². The first-order valence-corrected chi connectivity index (χ1v) is 5.88. The van der Waals surface area contributed by atoms with Crippen molar-refractivity contribution in [2.75, 3.05) is 0 Å². The van der Waals surface area contributed by atoms with Crippen molar-refractivity contribution in [2.45, 2.75) is 0 Å². The molecule has 12 heteroatoms. The summed E-state index contributed by atoms with van der Waals surface area (Å²) in [5, 5.41) is 18.4. The fourth-order valence-electron chi connectivity index (χ4n) is 0.669. The van der Waals surface area contributed by atoms with Gasteiger partial charge in [-0.05, 0) is 6.07 Å². The van der Waals surface area contributed by atoms with Gasteiger partial charge in [0, 0.05) is 12.1 Å². The second kappa shape index (κ2) is 4.06. The third-order valence-corrected chi connectivity index (χ3v) is 1.16. The molecule has 0 atom stereocenters. The minimum atomic E-state index is -10.7. The minimum absolute atomic E-state index is 0.0831. The smallest absolute Gasteiger partial charge is 0.258 e. The second-order valence-corrected chi connectivity index (χ2v) is 4.75. The molecule has 0 unspecified atom stereocenters. The number of benzene rings is 1. The summed E-state index contributed by atoms with van der Waals surface area (Å²) in [5.74, 6) is 0. The van der Waals surface area contributed by atoms with E-state index in [1.54, 1.807) is 0 Å².